The molecule has 98 valence electrons. The van der Waals surface area contributed by atoms with E-state index in [1.807, 2.05) is 0 Å². The van der Waals surface area contributed by atoms with Crippen molar-refractivity contribution in [2.24, 2.45) is 4.99 Å². The number of esters is 1. The minimum atomic E-state index is -0.320. The topological polar surface area (TPSA) is 75.6 Å². The number of ether oxygens (including phenoxy) is 1. The zero-order valence-electron chi connectivity index (χ0n) is 10.4. The number of carbonyl (C=O) groups is 1. The fraction of sp³-hybridized carbons (Fsp3) is 0.545. The molecule has 1 aromatic rings. The summed E-state index contributed by atoms with van der Waals surface area (Å²) < 4.78 is 4.97. The molecule has 2 N–H and O–H groups in total. The molecule has 6 nitrogen and oxygen atoms in total. The maximum absolute atomic E-state index is 11.6. The fourth-order valence-electron chi connectivity index (χ4n) is 1.55. The molecule has 0 fully saturated rings. The molecule has 18 heavy (non-hydrogen) atoms. The zero-order valence-corrected chi connectivity index (χ0v) is 11.3. The molecule has 0 saturated heterocycles. The lowest BCUT2D eigenvalue weighted by Gasteiger charge is -2.13. The van der Waals surface area contributed by atoms with Crippen molar-refractivity contribution in [3.63, 3.8) is 0 Å². The van der Waals surface area contributed by atoms with Crippen molar-refractivity contribution in [2.75, 3.05) is 25.0 Å². The zero-order chi connectivity index (χ0) is 13.0. The predicted octanol–water partition coefficient (Wildman–Crippen LogP) is 1.39. The van der Waals surface area contributed by atoms with Crippen LogP contribution in [0.4, 0.5) is 5.13 Å². The second kappa shape index (κ2) is 5.81. The van der Waals surface area contributed by atoms with Crippen LogP contribution < -0.4 is 10.6 Å². The van der Waals surface area contributed by atoms with Gasteiger partial charge in [-0.3, -0.25) is 4.99 Å². The SMILES string of the molecule is CCOC(=O)c1sc(NC2=NCCCN2)nc1C. The number of nitrogens with one attached hydrogen (secondary N) is 2. The van der Waals surface area contributed by atoms with E-state index in [1.54, 1.807) is 13.8 Å². The van der Waals surface area contributed by atoms with Crippen molar-refractivity contribution < 1.29 is 9.53 Å². The van der Waals surface area contributed by atoms with Crippen LogP contribution in [-0.4, -0.2) is 36.6 Å². The summed E-state index contributed by atoms with van der Waals surface area (Å²) >= 11 is 1.28. The smallest absolute Gasteiger partial charge is 0.350 e. The Morgan fingerprint density at radius 1 is 1.61 bits per heavy atom. The minimum Gasteiger partial charge on any atom is -0.462 e. The molecule has 0 unspecified atom stereocenters. The van der Waals surface area contributed by atoms with Crippen LogP contribution in [0.5, 0.6) is 0 Å². The molecular formula is C11H16N4O2S. The van der Waals surface area contributed by atoms with Gasteiger partial charge in [0.15, 0.2) is 11.1 Å². The highest BCUT2D eigenvalue weighted by Gasteiger charge is 2.17. The summed E-state index contributed by atoms with van der Waals surface area (Å²) in [7, 11) is 0. The summed E-state index contributed by atoms with van der Waals surface area (Å²) in [5.41, 5.74) is 0.678. The third-order valence-electron chi connectivity index (χ3n) is 2.38. The molecule has 0 amide bonds. The number of thiazole rings is 1. The summed E-state index contributed by atoms with van der Waals surface area (Å²) in [6, 6.07) is 0. The van der Waals surface area contributed by atoms with Gasteiger partial charge in [0.05, 0.1) is 12.3 Å². The number of aromatic nitrogens is 1. The van der Waals surface area contributed by atoms with E-state index >= 15 is 0 Å². The first-order valence-corrected chi connectivity index (χ1v) is 6.72. The Hall–Kier alpha value is -1.63. The van der Waals surface area contributed by atoms with Crippen LogP contribution in [0, 0.1) is 6.92 Å². The van der Waals surface area contributed by atoms with Crippen molar-refractivity contribution in [1.29, 1.82) is 0 Å². The van der Waals surface area contributed by atoms with Crippen molar-refractivity contribution in [3.05, 3.63) is 10.6 Å². The Morgan fingerprint density at radius 3 is 3.11 bits per heavy atom. The van der Waals surface area contributed by atoms with Crippen LogP contribution >= 0.6 is 11.3 Å². The minimum absolute atomic E-state index is 0.320. The predicted molar refractivity (Wildman–Crippen MR) is 71.4 cm³/mol. The number of guanidine groups is 1. The van der Waals surface area contributed by atoms with Gasteiger partial charge in [-0.1, -0.05) is 11.3 Å². The van der Waals surface area contributed by atoms with Crippen molar-refractivity contribution in [1.82, 2.24) is 10.3 Å². The number of anilines is 1. The average molecular weight is 268 g/mol. The molecule has 0 radical (unpaired) electrons. The molecule has 0 bridgehead atoms. The normalized spacial score (nSPS) is 14.7. The lowest BCUT2D eigenvalue weighted by molar-refractivity contribution is 0.0531. The quantitative estimate of drug-likeness (QED) is 0.810. The van der Waals surface area contributed by atoms with E-state index in [1.165, 1.54) is 11.3 Å². The van der Waals surface area contributed by atoms with Gasteiger partial charge in [-0.25, -0.2) is 9.78 Å². The standard InChI is InChI=1S/C11H16N4O2S/c1-3-17-9(16)8-7(2)14-11(18-8)15-10-12-5-4-6-13-10/h3-6H2,1-2H3,(H2,12,13,14,15). The van der Waals surface area contributed by atoms with Gasteiger partial charge >= 0.3 is 5.97 Å². The van der Waals surface area contributed by atoms with Crippen LogP contribution in [0.2, 0.25) is 0 Å². The average Bonchev–Trinajstić information content (AvgIpc) is 2.72. The molecule has 1 aliphatic rings. The van der Waals surface area contributed by atoms with Crippen LogP contribution in [0.15, 0.2) is 4.99 Å². The van der Waals surface area contributed by atoms with E-state index in [0.717, 1.165) is 19.5 Å². The molecule has 2 heterocycles. The maximum atomic E-state index is 11.6. The molecule has 1 aliphatic heterocycles. The highest BCUT2D eigenvalue weighted by Crippen LogP contribution is 2.23. The maximum Gasteiger partial charge on any atom is 0.350 e. The number of aryl methyl sites for hydroxylation is 1. The van der Waals surface area contributed by atoms with Gasteiger partial charge in [-0.05, 0) is 20.3 Å². The van der Waals surface area contributed by atoms with Crippen LogP contribution in [-0.2, 0) is 4.74 Å². The summed E-state index contributed by atoms with van der Waals surface area (Å²) in [6.07, 6.45) is 1.04. The van der Waals surface area contributed by atoms with Gasteiger partial charge in [-0.2, -0.15) is 0 Å². The van der Waals surface area contributed by atoms with E-state index in [4.69, 9.17) is 4.74 Å². The van der Waals surface area contributed by atoms with E-state index < -0.39 is 0 Å². The van der Waals surface area contributed by atoms with Gasteiger partial charge in [0.1, 0.15) is 4.88 Å². The summed E-state index contributed by atoms with van der Waals surface area (Å²) in [4.78, 5) is 20.8. The lowest BCUT2D eigenvalue weighted by Crippen LogP contribution is -2.35. The second-order valence-electron chi connectivity index (χ2n) is 3.79. The first-order valence-electron chi connectivity index (χ1n) is 5.90. The molecule has 7 heteroatoms. The number of aliphatic imine (C=N–C) groups is 1. The lowest BCUT2D eigenvalue weighted by atomic mass is 10.4. The van der Waals surface area contributed by atoms with E-state index in [2.05, 4.69) is 20.6 Å². The largest absolute Gasteiger partial charge is 0.462 e. The molecule has 2 rings (SSSR count). The van der Waals surface area contributed by atoms with Gasteiger partial charge in [-0.15, -0.1) is 0 Å². The monoisotopic (exact) mass is 268 g/mol. The Kier molecular flexibility index (Phi) is 4.14. The van der Waals surface area contributed by atoms with Gasteiger partial charge in [0, 0.05) is 13.1 Å². The molecule has 0 atom stereocenters. The molecule has 0 saturated carbocycles. The van der Waals surface area contributed by atoms with E-state index in [-0.39, 0.29) is 5.97 Å². The van der Waals surface area contributed by atoms with E-state index in [0.29, 0.717) is 28.3 Å². The highest BCUT2D eigenvalue weighted by molar-refractivity contribution is 7.17. The van der Waals surface area contributed by atoms with Gasteiger partial charge in [0.25, 0.3) is 0 Å². The van der Waals surface area contributed by atoms with Crippen LogP contribution in [0.3, 0.4) is 0 Å². The number of rotatable bonds is 3. The fourth-order valence-corrected chi connectivity index (χ4v) is 2.41. The third-order valence-corrected chi connectivity index (χ3v) is 3.43. The Morgan fingerprint density at radius 2 is 2.44 bits per heavy atom. The first-order chi connectivity index (χ1) is 8.70. The number of hydrogen-bond donors (Lipinski definition) is 2. The third kappa shape index (κ3) is 2.98. The summed E-state index contributed by atoms with van der Waals surface area (Å²) in [6.45, 7) is 5.66. The van der Waals surface area contributed by atoms with Crippen LogP contribution in [0.1, 0.15) is 28.7 Å². The first kappa shape index (κ1) is 12.8. The van der Waals surface area contributed by atoms with Crippen LogP contribution in [0.25, 0.3) is 0 Å². The Labute approximate surface area is 109 Å². The molecular weight excluding hydrogens is 252 g/mol. The van der Waals surface area contributed by atoms with E-state index in [9.17, 15) is 4.79 Å². The molecule has 0 spiro atoms. The van der Waals surface area contributed by atoms with Crippen molar-refractivity contribution >= 4 is 28.4 Å². The van der Waals surface area contributed by atoms with Crippen molar-refractivity contribution in [3.8, 4) is 0 Å². The molecule has 0 aliphatic carbocycles. The molecule has 0 aromatic carbocycles. The highest BCUT2D eigenvalue weighted by atomic mass is 32.1. The Bertz CT molecular complexity index is 470. The van der Waals surface area contributed by atoms with Gasteiger partial charge < -0.3 is 15.4 Å². The number of carbonyl (C=O) groups excluding carboxylic acids is 1. The van der Waals surface area contributed by atoms with Gasteiger partial charge in [0.2, 0.25) is 0 Å². The Balaban J connectivity index is 2.08. The number of nitrogens with zero attached hydrogens (tertiary/aromatic N) is 2. The second-order valence-corrected chi connectivity index (χ2v) is 4.79. The summed E-state index contributed by atoms with van der Waals surface area (Å²) in [5.74, 6) is 0.393. The van der Waals surface area contributed by atoms with Crippen molar-refractivity contribution in [2.45, 2.75) is 20.3 Å². The number of hydrogen-bond acceptors (Lipinski definition) is 7. The summed E-state index contributed by atoms with van der Waals surface area (Å²) in [5, 5.41) is 6.87. The molecule has 1 aromatic heterocycles.